The molecule has 1 aliphatic rings. The lowest BCUT2D eigenvalue weighted by atomic mass is 10.1. The maximum atomic E-state index is 13.0. The van der Waals surface area contributed by atoms with E-state index in [4.69, 9.17) is 9.47 Å². The lowest BCUT2D eigenvalue weighted by Gasteiger charge is -2.14. The van der Waals surface area contributed by atoms with Crippen molar-refractivity contribution in [3.8, 4) is 11.5 Å². The van der Waals surface area contributed by atoms with Crippen LogP contribution in [0.5, 0.6) is 11.5 Å². The van der Waals surface area contributed by atoms with Crippen molar-refractivity contribution < 1.29 is 19.1 Å². The molecule has 0 N–H and O–H groups in total. The van der Waals surface area contributed by atoms with E-state index in [9.17, 15) is 9.59 Å². The van der Waals surface area contributed by atoms with Crippen LogP contribution < -0.4 is 9.47 Å². The Morgan fingerprint density at radius 2 is 1.74 bits per heavy atom. The third-order valence-electron chi connectivity index (χ3n) is 5.29. The summed E-state index contributed by atoms with van der Waals surface area (Å²) in [4.78, 5) is 27.1. The van der Waals surface area contributed by atoms with E-state index in [1.54, 1.807) is 6.08 Å². The largest absolute Gasteiger partial charge is 0.491 e. The summed E-state index contributed by atoms with van der Waals surface area (Å²) in [6.45, 7) is 4.78. The second kappa shape index (κ2) is 10.9. The highest BCUT2D eigenvalue weighted by atomic mass is 79.9. The number of rotatable bonds is 8. The number of hydrogen-bond donors (Lipinski definition) is 0. The van der Waals surface area contributed by atoms with E-state index < -0.39 is 0 Å². The molecule has 4 rings (SSSR count). The quantitative estimate of drug-likeness (QED) is 0.297. The summed E-state index contributed by atoms with van der Waals surface area (Å²) >= 11 is 4.41. The van der Waals surface area contributed by atoms with Crippen LogP contribution >= 0.6 is 27.7 Å². The highest BCUT2D eigenvalue weighted by molar-refractivity contribution is 9.10. The first-order valence-electron chi connectivity index (χ1n) is 10.8. The van der Waals surface area contributed by atoms with Crippen molar-refractivity contribution in [3.05, 3.63) is 98.4 Å². The Morgan fingerprint density at radius 3 is 2.53 bits per heavy atom. The van der Waals surface area contributed by atoms with Crippen LogP contribution in [0.4, 0.5) is 4.79 Å². The van der Waals surface area contributed by atoms with Crippen LogP contribution in [0.2, 0.25) is 0 Å². The zero-order valence-electron chi connectivity index (χ0n) is 18.9. The van der Waals surface area contributed by atoms with Crippen LogP contribution in [0.15, 0.2) is 76.1 Å². The van der Waals surface area contributed by atoms with Crippen molar-refractivity contribution in [2.45, 2.75) is 20.5 Å². The van der Waals surface area contributed by atoms with Crippen LogP contribution in [-0.2, 0) is 11.4 Å². The number of amides is 2. The molecular weight excluding hydrogens is 514 g/mol. The zero-order chi connectivity index (χ0) is 24.1. The molecule has 0 saturated carbocycles. The minimum atomic E-state index is -0.325. The summed E-state index contributed by atoms with van der Waals surface area (Å²) in [5.41, 5.74) is 3.87. The Morgan fingerprint density at radius 1 is 0.941 bits per heavy atom. The number of benzene rings is 3. The fraction of sp³-hybridized carbons (Fsp3) is 0.185. The number of imide groups is 1. The Labute approximate surface area is 211 Å². The van der Waals surface area contributed by atoms with Crippen molar-refractivity contribution >= 4 is 44.9 Å². The molecule has 34 heavy (non-hydrogen) atoms. The lowest BCUT2D eigenvalue weighted by molar-refractivity contribution is -0.123. The Bertz CT molecular complexity index is 1240. The zero-order valence-corrected chi connectivity index (χ0v) is 21.3. The van der Waals surface area contributed by atoms with Gasteiger partial charge in [0, 0.05) is 10.0 Å². The number of carbonyl (C=O) groups excluding carboxylic acids is 2. The van der Waals surface area contributed by atoms with Gasteiger partial charge in [-0.05, 0) is 72.6 Å². The molecule has 0 aliphatic carbocycles. The summed E-state index contributed by atoms with van der Waals surface area (Å²) in [5, 5.41) is -0.303. The predicted octanol–water partition coefficient (Wildman–Crippen LogP) is 6.76. The van der Waals surface area contributed by atoms with Gasteiger partial charge in [-0.1, -0.05) is 58.4 Å². The van der Waals surface area contributed by atoms with Gasteiger partial charge in [-0.15, -0.1) is 0 Å². The summed E-state index contributed by atoms with van der Waals surface area (Å²) in [7, 11) is 0. The van der Waals surface area contributed by atoms with E-state index in [1.165, 1.54) is 4.90 Å². The first-order chi connectivity index (χ1) is 16.4. The third kappa shape index (κ3) is 5.90. The van der Waals surface area contributed by atoms with Gasteiger partial charge >= 0.3 is 0 Å². The summed E-state index contributed by atoms with van der Waals surface area (Å²) in [6, 6.07) is 21.4. The highest BCUT2D eigenvalue weighted by Crippen LogP contribution is 2.35. The van der Waals surface area contributed by atoms with Crippen molar-refractivity contribution in [1.29, 1.82) is 0 Å². The van der Waals surface area contributed by atoms with E-state index in [0.29, 0.717) is 17.3 Å². The van der Waals surface area contributed by atoms with Gasteiger partial charge in [0.1, 0.15) is 24.7 Å². The first kappa shape index (κ1) is 24.1. The van der Waals surface area contributed by atoms with Crippen molar-refractivity contribution in [2.24, 2.45) is 0 Å². The number of thioether (sulfide) groups is 1. The SMILES string of the molecule is Cc1ccc(C)c(OCCN2C(=O)S/C(=C\c3cc(Br)ccc3OCc3ccccc3)C2=O)c1. The first-order valence-corrected chi connectivity index (χ1v) is 12.4. The maximum absolute atomic E-state index is 13.0. The second-order valence-electron chi connectivity index (χ2n) is 7.91. The molecule has 3 aromatic carbocycles. The summed E-state index contributed by atoms with van der Waals surface area (Å²) in [6.07, 6.45) is 1.71. The Hall–Kier alpha value is -3.03. The summed E-state index contributed by atoms with van der Waals surface area (Å²) in [5.74, 6) is 1.07. The molecule has 0 radical (unpaired) electrons. The van der Waals surface area contributed by atoms with Crippen molar-refractivity contribution in [1.82, 2.24) is 4.90 Å². The van der Waals surface area contributed by atoms with E-state index in [2.05, 4.69) is 15.9 Å². The van der Waals surface area contributed by atoms with Crippen molar-refractivity contribution in [2.75, 3.05) is 13.2 Å². The van der Waals surface area contributed by atoms with E-state index in [1.807, 2.05) is 80.6 Å². The fourth-order valence-corrected chi connectivity index (χ4v) is 4.68. The molecule has 7 heteroatoms. The molecule has 2 amide bonds. The van der Waals surface area contributed by atoms with Crippen LogP contribution in [0.1, 0.15) is 22.3 Å². The molecule has 1 saturated heterocycles. The standard InChI is InChI=1S/C27H24BrNO4S/c1-18-8-9-19(2)24(14-18)32-13-12-29-26(30)25(34-27(29)31)16-21-15-22(28)10-11-23(21)33-17-20-6-4-3-5-7-20/h3-11,14-16H,12-13,17H2,1-2H3/b25-16-. The smallest absolute Gasteiger partial charge is 0.293 e. The molecule has 0 unspecified atom stereocenters. The van der Waals surface area contributed by atoms with Crippen molar-refractivity contribution in [3.63, 3.8) is 0 Å². The topological polar surface area (TPSA) is 55.8 Å². The number of hydrogen-bond acceptors (Lipinski definition) is 5. The normalized spacial score (nSPS) is 14.7. The molecule has 1 fully saturated rings. The maximum Gasteiger partial charge on any atom is 0.293 e. The number of carbonyl (C=O) groups is 2. The molecule has 0 bridgehead atoms. The summed E-state index contributed by atoms with van der Waals surface area (Å²) < 4.78 is 12.7. The third-order valence-corrected chi connectivity index (χ3v) is 6.69. The molecule has 0 spiro atoms. The van der Waals surface area contributed by atoms with Crippen LogP contribution in [0, 0.1) is 13.8 Å². The Kier molecular flexibility index (Phi) is 7.75. The van der Waals surface area contributed by atoms with Gasteiger partial charge in [0.15, 0.2) is 0 Å². The number of nitrogens with zero attached hydrogens (tertiary/aromatic N) is 1. The molecular formula is C27H24BrNO4S. The second-order valence-corrected chi connectivity index (χ2v) is 9.82. The van der Waals surface area contributed by atoms with Gasteiger partial charge in [-0.2, -0.15) is 0 Å². The van der Waals surface area contributed by atoms with Gasteiger partial charge in [-0.25, -0.2) is 0 Å². The number of halogens is 1. The van der Waals surface area contributed by atoms with Crippen LogP contribution in [0.25, 0.3) is 6.08 Å². The molecule has 0 aromatic heterocycles. The van der Waals surface area contributed by atoms with Crippen LogP contribution in [-0.4, -0.2) is 29.2 Å². The van der Waals surface area contributed by atoms with Gasteiger partial charge < -0.3 is 9.47 Å². The van der Waals surface area contributed by atoms with Gasteiger partial charge in [0.2, 0.25) is 0 Å². The average molecular weight is 538 g/mol. The lowest BCUT2D eigenvalue weighted by Crippen LogP contribution is -2.32. The molecule has 0 atom stereocenters. The van der Waals surface area contributed by atoms with Gasteiger partial charge in [-0.3, -0.25) is 14.5 Å². The monoisotopic (exact) mass is 537 g/mol. The predicted molar refractivity (Wildman–Crippen MR) is 139 cm³/mol. The number of ether oxygens (including phenoxy) is 2. The van der Waals surface area contributed by atoms with E-state index in [-0.39, 0.29) is 24.3 Å². The molecule has 1 heterocycles. The molecule has 5 nitrogen and oxygen atoms in total. The highest BCUT2D eigenvalue weighted by Gasteiger charge is 2.35. The minimum Gasteiger partial charge on any atom is -0.491 e. The molecule has 1 aliphatic heterocycles. The van der Waals surface area contributed by atoms with Gasteiger partial charge in [0.25, 0.3) is 11.1 Å². The minimum absolute atomic E-state index is 0.186. The van der Waals surface area contributed by atoms with E-state index in [0.717, 1.165) is 44.2 Å². The van der Waals surface area contributed by atoms with E-state index >= 15 is 0 Å². The van der Waals surface area contributed by atoms with Crippen LogP contribution in [0.3, 0.4) is 0 Å². The Balaban J connectivity index is 1.45. The molecule has 174 valence electrons. The average Bonchev–Trinajstić information content (AvgIpc) is 3.09. The molecule has 3 aromatic rings. The van der Waals surface area contributed by atoms with Gasteiger partial charge in [0.05, 0.1) is 11.4 Å². The fourth-order valence-electron chi connectivity index (χ4n) is 3.44. The number of aryl methyl sites for hydroxylation is 2.